The number of rotatable bonds is 2. The monoisotopic (exact) mass is 321 g/mol. The van der Waals surface area contributed by atoms with Gasteiger partial charge in [0, 0.05) is 24.9 Å². The molecule has 0 aromatic carbocycles. The van der Waals surface area contributed by atoms with Crippen LogP contribution in [0.2, 0.25) is 0 Å². The van der Waals surface area contributed by atoms with Crippen molar-refractivity contribution in [3.8, 4) is 0 Å². The van der Waals surface area contributed by atoms with Crippen LogP contribution in [-0.2, 0) is 19.1 Å². The maximum Gasteiger partial charge on any atom is 0.308 e. The van der Waals surface area contributed by atoms with Crippen molar-refractivity contribution >= 4 is 17.7 Å². The number of piperidine rings is 1. The van der Waals surface area contributed by atoms with E-state index in [9.17, 15) is 14.4 Å². The fourth-order valence-corrected chi connectivity index (χ4v) is 5.12. The summed E-state index contributed by atoms with van der Waals surface area (Å²) >= 11 is 0. The minimum atomic E-state index is -0.545. The van der Waals surface area contributed by atoms with Gasteiger partial charge in [0.05, 0.1) is 18.4 Å². The largest absolute Gasteiger partial charge is 0.469 e. The van der Waals surface area contributed by atoms with Crippen molar-refractivity contribution in [1.29, 1.82) is 0 Å². The molecule has 5 nitrogen and oxygen atoms in total. The van der Waals surface area contributed by atoms with Gasteiger partial charge in [0.15, 0.2) is 0 Å². The Balaban J connectivity index is 1.77. The molecule has 1 aliphatic heterocycles. The second kappa shape index (κ2) is 5.05. The van der Waals surface area contributed by atoms with E-state index in [0.717, 1.165) is 12.8 Å². The number of ether oxygens (including phenoxy) is 1. The molecule has 0 aromatic heterocycles. The molecule has 1 amide bonds. The van der Waals surface area contributed by atoms with Crippen LogP contribution >= 0.6 is 0 Å². The number of carbonyl (C=O) groups excluding carboxylic acids is 3. The lowest BCUT2D eigenvalue weighted by Crippen LogP contribution is -2.51. The first-order chi connectivity index (χ1) is 10.7. The summed E-state index contributed by atoms with van der Waals surface area (Å²) in [5.41, 5.74) is -1.21. The molecule has 0 radical (unpaired) electrons. The van der Waals surface area contributed by atoms with Gasteiger partial charge in [-0.3, -0.25) is 14.4 Å². The number of amides is 1. The van der Waals surface area contributed by atoms with Crippen LogP contribution in [0.4, 0.5) is 0 Å². The standard InChI is InChI=1S/C18H27NO4/c1-16(2)17(3)7-8-18(16,11-13(17)20)15(22)19-9-5-12(6-10-19)14(21)23-4/h12H,5-11H2,1-4H3/t17-,18+/m1/s1. The number of ketones is 1. The van der Waals surface area contributed by atoms with Gasteiger partial charge in [-0.15, -0.1) is 0 Å². The molecular formula is C18H27NO4. The molecule has 3 aliphatic rings. The number of hydrogen-bond donors (Lipinski definition) is 0. The molecule has 0 spiro atoms. The zero-order chi connectivity index (χ0) is 17.0. The van der Waals surface area contributed by atoms with Crippen LogP contribution in [0, 0.1) is 22.2 Å². The maximum absolute atomic E-state index is 13.3. The predicted molar refractivity (Wildman–Crippen MR) is 84.5 cm³/mol. The van der Waals surface area contributed by atoms with Crippen LogP contribution in [-0.4, -0.2) is 42.8 Å². The molecule has 0 unspecified atom stereocenters. The van der Waals surface area contributed by atoms with Crippen molar-refractivity contribution in [3.63, 3.8) is 0 Å². The van der Waals surface area contributed by atoms with E-state index in [2.05, 4.69) is 13.8 Å². The average molecular weight is 321 g/mol. The molecule has 2 bridgehead atoms. The van der Waals surface area contributed by atoms with Gasteiger partial charge in [-0.25, -0.2) is 0 Å². The van der Waals surface area contributed by atoms with Crippen LogP contribution in [0.15, 0.2) is 0 Å². The van der Waals surface area contributed by atoms with Gasteiger partial charge in [-0.2, -0.15) is 0 Å². The highest BCUT2D eigenvalue weighted by atomic mass is 16.5. The summed E-state index contributed by atoms with van der Waals surface area (Å²) in [7, 11) is 1.41. The van der Waals surface area contributed by atoms with Gasteiger partial charge in [-0.05, 0) is 31.1 Å². The van der Waals surface area contributed by atoms with Gasteiger partial charge in [0.2, 0.25) is 5.91 Å². The molecule has 2 aliphatic carbocycles. The lowest BCUT2D eigenvalue weighted by molar-refractivity contribution is -0.154. The average Bonchev–Trinajstić information content (AvgIpc) is 2.84. The minimum Gasteiger partial charge on any atom is -0.469 e. The van der Waals surface area contributed by atoms with Gasteiger partial charge < -0.3 is 9.64 Å². The number of methoxy groups -OCH3 is 1. The molecular weight excluding hydrogens is 294 g/mol. The van der Waals surface area contributed by atoms with Crippen LogP contribution in [0.5, 0.6) is 0 Å². The first-order valence-electron chi connectivity index (χ1n) is 8.60. The number of carbonyl (C=O) groups is 3. The topological polar surface area (TPSA) is 63.7 Å². The van der Waals surface area contributed by atoms with Crippen molar-refractivity contribution in [2.24, 2.45) is 22.2 Å². The van der Waals surface area contributed by atoms with Gasteiger partial charge >= 0.3 is 5.97 Å². The Morgan fingerprint density at radius 2 is 1.74 bits per heavy atom. The Morgan fingerprint density at radius 1 is 1.13 bits per heavy atom. The molecule has 23 heavy (non-hydrogen) atoms. The molecule has 0 aromatic rings. The van der Waals surface area contributed by atoms with Crippen molar-refractivity contribution in [3.05, 3.63) is 0 Å². The van der Waals surface area contributed by atoms with Crippen LogP contribution in [0.1, 0.15) is 52.9 Å². The third-order valence-corrected chi connectivity index (χ3v) is 7.43. The van der Waals surface area contributed by atoms with E-state index in [1.165, 1.54) is 7.11 Å². The zero-order valence-electron chi connectivity index (χ0n) is 14.6. The lowest BCUT2D eigenvalue weighted by atomic mass is 9.64. The van der Waals surface area contributed by atoms with Crippen LogP contribution < -0.4 is 0 Å². The molecule has 3 fully saturated rings. The second-order valence-electron chi connectivity index (χ2n) is 8.23. The van der Waals surface area contributed by atoms with E-state index >= 15 is 0 Å². The smallest absolute Gasteiger partial charge is 0.308 e. The highest BCUT2D eigenvalue weighted by molar-refractivity contribution is 5.99. The number of nitrogens with zero attached hydrogens (tertiary/aromatic N) is 1. The molecule has 5 heteroatoms. The highest BCUT2D eigenvalue weighted by Crippen LogP contribution is 2.71. The Kier molecular flexibility index (Phi) is 3.62. The first-order valence-corrected chi connectivity index (χ1v) is 8.60. The Hall–Kier alpha value is -1.39. The first kappa shape index (κ1) is 16.5. The molecule has 3 rings (SSSR count). The number of fused-ring (bicyclic) bond motifs is 2. The van der Waals surface area contributed by atoms with Crippen LogP contribution in [0.3, 0.4) is 0 Å². The van der Waals surface area contributed by atoms with E-state index in [4.69, 9.17) is 4.74 Å². The van der Waals surface area contributed by atoms with Crippen molar-refractivity contribution in [2.75, 3.05) is 20.2 Å². The maximum atomic E-state index is 13.3. The molecule has 1 heterocycles. The number of hydrogen-bond acceptors (Lipinski definition) is 4. The SMILES string of the molecule is COC(=O)C1CCN(C(=O)[C@]23CC[C@](C)(C(=O)C2)C3(C)C)CC1. The summed E-state index contributed by atoms with van der Waals surface area (Å²) in [5, 5.41) is 0. The summed E-state index contributed by atoms with van der Waals surface area (Å²) in [6.45, 7) is 7.37. The molecule has 1 saturated heterocycles. The third-order valence-electron chi connectivity index (χ3n) is 7.43. The summed E-state index contributed by atoms with van der Waals surface area (Å²) < 4.78 is 4.81. The van der Waals surface area contributed by atoms with Gasteiger partial charge in [-0.1, -0.05) is 20.8 Å². The number of Topliss-reactive ketones (excluding diaryl/α,β-unsaturated/α-hetero) is 1. The zero-order valence-corrected chi connectivity index (χ0v) is 14.6. The number of likely N-dealkylation sites (tertiary alicyclic amines) is 1. The Bertz CT molecular complexity index is 561. The Morgan fingerprint density at radius 3 is 2.17 bits per heavy atom. The predicted octanol–water partition coefficient (Wildman–Crippen LogP) is 2.18. The van der Waals surface area contributed by atoms with Crippen molar-refractivity contribution in [1.82, 2.24) is 4.90 Å². The van der Waals surface area contributed by atoms with Crippen molar-refractivity contribution in [2.45, 2.75) is 52.9 Å². The van der Waals surface area contributed by atoms with Gasteiger partial charge in [0.1, 0.15) is 5.78 Å². The third kappa shape index (κ3) is 1.94. The van der Waals surface area contributed by atoms with E-state index in [-0.39, 0.29) is 34.4 Å². The van der Waals surface area contributed by atoms with E-state index < -0.39 is 5.41 Å². The summed E-state index contributed by atoms with van der Waals surface area (Å²) in [6.07, 6.45) is 3.30. The highest BCUT2D eigenvalue weighted by Gasteiger charge is 2.73. The molecule has 0 N–H and O–H groups in total. The molecule has 2 saturated carbocycles. The van der Waals surface area contributed by atoms with Crippen LogP contribution in [0.25, 0.3) is 0 Å². The van der Waals surface area contributed by atoms with Gasteiger partial charge in [0.25, 0.3) is 0 Å². The lowest BCUT2D eigenvalue weighted by Gasteiger charge is -2.43. The summed E-state index contributed by atoms with van der Waals surface area (Å²) in [5.74, 6) is 0.0839. The Labute approximate surface area is 137 Å². The minimum absolute atomic E-state index is 0.103. The van der Waals surface area contributed by atoms with E-state index in [1.807, 2.05) is 11.8 Å². The summed E-state index contributed by atoms with van der Waals surface area (Å²) in [4.78, 5) is 39.3. The quantitative estimate of drug-likeness (QED) is 0.731. The fraction of sp³-hybridized carbons (Fsp3) is 0.833. The van der Waals surface area contributed by atoms with Crippen molar-refractivity contribution < 1.29 is 19.1 Å². The molecule has 2 atom stereocenters. The second-order valence-corrected chi connectivity index (χ2v) is 8.23. The normalized spacial score (nSPS) is 36.3. The fourth-order valence-electron chi connectivity index (χ4n) is 5.12. The number of esters is 1. The molecule has 128 valence electrons. The van der Waals surface area contributed by atoms with E-state index in [1.54, 1.807) is 0 Å². The van der Waals surface area contributed by atoms with E-state index in [0.29, 0.717) is 32.4 Å². The summed E-state index contributed by atoms with van der Waals surface area (Å²) in [6, 6.07) is 0.